The second-order valence-electron chi connectivity index (χ2n) is 10.7. The Morgan fingerprint density at radius 2 is 1.90 bits per heavy atom. The van der Waals surface area contributed by atoms with Gasteiger partial charge in [-0.1, -0.05) is 0 Å². The summed E-state index contributed by atoms with van der Waals surface area (Å²) >= 11 is 0. The van der Waals surface area contributed by atoms with Crippen LogP contribution in [0.15, 0.2) is 24.4 Å². The van der Waals surface area contributed by atoms with Gasteiger partial charge >= 0.3 is 12.2 Å². The number of alkyl carbamates (subject to hydrolysis) is 1. The maximum atomic E-state index is 15.8. The Balaban J connectivity index is 1.54. The molecule has 0 saturated heterocycles. The third-order valence-electron chi connectivity index (χ3n) is 6.68. The van der Waals surface area contributed by atoms with Crippen molar-refractivity contribution in [3.63, 3.8) is 0 Å². The molecule has 7 N–H and O–H groups in total. The third kappa shape index (κ3) is 6.21. The number of amides is 2. The molecular weight excluding hydrogens is 505 g/mol. The molecule has 0 radical (unpaired) electrons. The zero-order valence-electron chi connectivity index (χ0n) is 22.4. The Kier molecular flexibility index (Phi) is 7.66. The Hall–Kier alpha value is -4.35. The number of pyridine rings is 1. The highest BCUT2D eigenvalue weighted by atomic mass is 19.1. The van der Waals surface area contributed by atoms with E-state index in [1.807, 2.05) is 20.8 Å². The van der Waals surface area contributed by atoms with Gasteiger partial charge in [0.1, 0.15) is 5.60 Å². The van der Waals surface area contributed by atoms with Crippen LogP contribution in [0.5, 0.6) is 0 Å². The fourth-order valence-corrected chi connectivity index (χ4v) is 4.93. The van der Waals surface area contributed by atoms with Crippen LogP contribution in [0, 0.1) is 18.2 Å². The molecule has 12 heteroatoms. The molecule has 4 rings (SSSR count). The summed E-state index contributed by atoms with van der Waals surface area (Å²) in [6, 6.07) is 4.93. The summed E-state index contributed by atoms with van der Waals surface area (Å²) in [6.45, 7) is 7.08. The topological polar surface area (TPSA) is 167 Å². The van der Waals surface area contributed by atoms with Crippen LogP contribution in [0.4, 0.5) is 31.2 Å². The molecule has 1 saturated carbocycles. The second kappa shape index (κ2) is 10.8. The molecule has 0 atom stereocenters. The summed E-state index contributed by atoms with van der Waals surface area (Å²) in [7, 11) is 0. The Morgan fingerprint density at radius 3 is 2.51 bits per heavy atom. The molecule has 0 unspecified atom stereocenters. The summed E-state index contributed by atoms with van der Waals surface area (Å²) < 4.78 is 22.6. The van der Waals surface area contributed by atoms with Crippen LogP contribution < -0.4 is 21.7 Å². The number of aromatic nitrogens is 2. The van der Waals surface area contributed by atoms with Crippen LogP contribution in [0.2, 0.25) is 0 Å². The normalized spacial score (nSPS) is 17.5. The second-order valence-corrected chi connectivity index (χ2v) is 10.7. The summed E-state index contributed by atoms with van der Waals surface area (Å²) in [5.41, 5.74) is 8.55. The molecule has 1 aliphatic rings. The van der Waals surface area contributed by atoms with Gasteiger partial charge in [-0.05, 0) is 82.2 Å². The largest absolute Gasteiger partial charge is 0.465 e. The number of carbonyl (C=O) groups is 2. The quantitative estimate of drug-likeness (QED) is 0.181. The van der Waals surface area contributed by atoms with E-state index in [2.05, 4.69) is 21.0 Å². The number of carbonyl (C=O) groups excluding carboxylic acids is 1. The van der Waals surface area contributed by atoms with Crippen molar-refractivity contribution >= 4 is 41.1 Å². The van der Waals surface area contributed by atoms with Crippen LogP contribution in [-0.2, 0) is 4.74 Å². The smallest absolute Gasteiger partial charge is 0.410 e. The Bertz CT molecular complexity index is 1420. The van der Waals surface area contributed by atoms with Gasteiger partial charge in [-0.15, -0.1) is 5.10 Å². The van der Waals surface area contributed by atoms with Gasteiger partial charge in [-0.3, -0.25) is 5.32 Å². The Labute approximate surface area is 225 Å². The van der Waals surface area contributed by atoms with Crippen LogP contribution in [0.1, 0.15) is 57.6 Å². The number of nitrogen functional groups attached to an aromatic ring is 1. The molecule has 208 valence electrons. The highest BCUT2D eigenvalue weighted by Gasteiger charge is 2.27. The van der Waals surface area contributed by atoms with Crippen LogP contribution in [0.3, 0.4) is 0 Å². The van der Waals surface area contributed by atoms with Crippen LogP contribution >= 0.6 is 0 Å². The predicted molar refractivity (Wildman–Crippen MR) is 148 cm³/mol. The molecule has 2 heterocycles. The number of benzene rings is 1. The number of hydrogen-bond acceptors (Lipinski definition) is 7. The first-order chi connectivity index (χ1) is 18.4. The molecule has 2 amide bonds. The van der Waals surface area contributed by atoms with E-state index < -0.39 is 23.6 Å². The van der Waals surface area contributed by atoms with Crippen molar-refractivity contribution in [1.29, 1.82) is 5.41 Å². The van der Waals surface area contributed by atoms with E-state index in [0.717, 1.165) is 6.21 Å². The minimum absolute atomic E-state index is 0.0222. The number of anilines is 3. The minimum Gasteiger partial charge on any atom is -0.465 e. The van der Waals surface area contributed by atoms with E-state index in [4.69, 9.17) is 21.0 Å². The monoisotopic (exact) mass is 539 g/mol. The van der Waals surface area contributed by atoms with Gasteiger partial charge in [-0.25, -0.2) is 18.5 Å². The SMILES string of the molecule is Cc1c(F)c(NC2CCC(NC(=O)OC(C)(C)C)CC2)c(N)c(C=N)c1-c1ccn2nc(NC(=O)O)cc2c1. The number of halogens is 1. The lowest BCUT2D eigenvalue weighted by Gasteiger charge is -2.32. The molecular formula is C27H34FN7O4. The summed E-state index contributed by atoms with van der Waals surface area (Å²) in [5.74, 6) is -0.339. The van der Waals surface area contributed by atoms with Crippen molar-refractivity contribution in [2.24, 2.45) is 0 Å². The number of rotatable bonds is 6. The van der Waals surface area contributed by atoms with Crippen molar-refractivity contribution in [1.82, 2.24) is 14.9 Å². The predicted octanol–water partition coefficient (Wildman–Crippen LogP) is 5.37. The fraction of sp³-hybridized carbons (Fsp3) is 0.407. The van der Waals surface area contributed by atoms with Crippen molar-refractivity contribution in [3.05, 3.63) is 41.3 Å². The molecule has 0 bridgehead atoms. The first kappa shape index (κ1) is 27.7. The molecule has 1 aliphatic carbocycles. The zero-order chi connectivity index (χ0) is 28.5. The summed E-state index contributed by atoms with van der Waals surface area (Å²) in [6.07, 6.45) is 3.88. The van der Waals surface area contributed by atoms with Crippen molar-refractivity contribution in [3.8, 4) is 11.1 Å². The van der Waals surface area contributed by atoms with Gasteiger partial charge in [0.15, 0.2) is 11.6 Å². The third-order valence-corrected chi connectivity index (χ3v) is 6.68. The van der Waals surface area contributed by atoms with Gasteiger partial charge in [-0.2, -0.15) is 0 Å². The maximum absolute atomic E-state index is 15.8. The van der Waals surface area contributed by atoms with Crippen LogP contribution in [0.25, 0.3) is 16.6 Å². The van der Waals surface area contributed by atoms with Gasteiger partial charge in [0.25, 0.3) is 0 Å². The number of ether oxygens (including phenoxy) is 1. The lowest BCUT2D eigenvalue weighted by molar-refractivity contribution is 0.0492. The Morgan fingerprint density at radius 1 is 1.23 bits per heavy atom. The van der Waals surface area contributed by atoms with Crippen molar-refractivity contribution in [2.75, 3.05) is 16.4 Å². The highest BCUT2D eigenvalue weighted by molar-refractivity contribution is 6.01. The lowest BCUT2D eigenvalue weighted by Crippen LogP contribution is -2.42. The molecule has 2 aromatic heterocycles. The average Bonchev–Trinajstić information content (AvgIpc) is 3.24. The maximum Gasteiger partial charge on any atom is 0.410 e. The van der Waals surface area contributed by atoms with E-state index in [0.29, 0.717) is 53.5 Å². The first-order valence-corrected chi connectivity index (χ1v) is 12.7. The van der Waals surface area contributed by atoms with Crippen molar-refractivity contribution < 1.29 is 23.8 Å². The van der Waals surface area contributed by atoms with Gasteiger partial charge < -0.3 is 31.6 Å². The van der Waals surface area contributed by atoms with E-state index >= 15 is 4.39 Å². The zero-order valence-corrected chi connectivity index (χ0v) is 22.4. The molecule has 0 spiro atoms. The number of carboxylic acid groups (broad SMARTS) is 1. The molecule has 1 aromatic carbocycles. The van der Waals surface area contributed by atoms with Crippen LogP contribution in [-0.4, -0.2) is 50.8 Å². The molecule has 0 aliphatic heterocycles. The van der Waals surface area contributed by atoms with E-state index in [1.165, 1.54) is 4.52 Å². The molecule has 39 heavy (non-hydrogen) atoms. The average molecular weight is 540 g/mol. The van der Waals surface area contributed by atoms with Gasteiger partial charge in [0.2, 0.25) is 0 Å². The van der Waals surface area contributed by atoms with Gasteiger partial charge in [0, 0.05) is 36.1 Å². The first-order valence-electron chi connectivity index (χ1n) is 12.7. The number of hydrogen-bond donors (Lipinski definition) is 6. The summed E-state index contributed by atoms with van der Waals surface area (Å²) in [4.78, 5) is 23.0. The number of fused-ring (bicyclic) bond motifs is 1. The molecule has 1 fully saturated rings. The highest BCUT2D eigenvalue weighted by Crippen LogP contribution is 2.39. The lowest BCUT2D eigenvalue weighted by atomic mass is 9.89. The van der Waals surface area contributed by atoms with Crippen molar-refractivity contribution in [2.45, 2.75) is 71.1 Å². The number of nitrogens with zero attached hydrogens (tertiary/aromatic N) is 2. The minimum atomic E-state index is -1.23. The fourth-order valence-electron chi connectivity index (χ4n) is 4.93. The number of nitrogens with two attached hydrogens (primary N) is 1. The van der Waals surface area contributed by atoms with E-state index in [1.54, 1.807) is 31.3 Å². The van der Waals surface area contributed by atoms with E-state index in [-0.39, 0.29) is 29.3 Å². The molecule has 11 nitrogen and oxygen atoms in total. The summed E-state index contributed by atoms with van der Waals surface area (Å²) in [5, 5.41) is 29.5. The van der Waals surface area contributed by atoms with E-state index in [9.17, 15) is 9.59 Å². The van der Waals surface area contributed by atoms with Gasteiger partial charge in [0.05, 0.1) is 16.9 Å². The molecule has 3 aromatic rings. The number of nitrogens with one attached hydrogen (secondary N) is 4. The standard InChI is InChI=1S/C27H34FN7O4/c1-14-21(15-9-10-35-18(11-15)12-20(34-35)33-25(36)37)19(13-29)23(30)24(22(14)28)31-16-5-7-17(8-6-16)32-26(38)39-27(2,3)4/h9-13,16-17,29,31H,5-8,30H2,1-4H3,(H,32,38)(H,33,34)(H,36,37).